The van der Waals surface area contributed by atoms with Crippen molar-refractivity contribution in [1.29, 1.82) is 0 Å². The molecule has 2 rings (SSSR count). The molecular formula is C13H16ClNO2. The third-order valence-electron chi connectivity index (χ3n) is 3.30. The molecule has 0 spiro atoms. The second-order valence-corrected chi connectivity index (χ2v) is 4.90. The van der Waals surface area contributed by atoms with Crippen LogP contribution >= 0.6 is 11.6 Å². The maximum Gasteiger partial charge on any atom is 0.251 e. The minimum atomic E-state index is -0.113. The Morgan fingerprint density at radius 3 is 3.00 bits per heavy atom. The molecule has 0 radical (unpaired) electrons. The standard InChI is InChI=1S/C13H16ClNO2/c14-11-5-1-3-9(7-11)13(17)15-12-6-2-4-10(12)8-16/h1,3,5,7,10,12,16H,2,4,6,8H2,(H,15,17). The molecule has 1 aromatic carbocycles. The van der Waals surface area contributed by atoms with Crippen molar-refractivity contribution < 1.29 is 9.90 Å². The van der Waals surface area contributed by atoms with Gasteiger partial charge in [0.05, 0.1) is 0 Å². The molecule has 2 unspecified atom stereocenters. The van der Waals surface area contributed by atoms with Crippen molar-refractivity contribution in [3.8, 4) is 0 Å². The van der Waals surface area contributed by atoms with Gasteiger partial charge in [-0.2, -0.15) is 0 Å². The summed E-state index contributed by atoms with van der Waals surface area (Å²) in [4.78, 5) is 12.0. The van der Waals surface area contributed by atoms with Crippen molar-refractivity contribution in [3.05, 3.63) is 34.9 Å². The molecule has 17 heavy (non-hydrogen) atoms. The fraction of sp³-hybridized carbons (Fsp3) is 0.462. The smallest absolute Gasteiger partial charge is 0.251 e. The number of nitrogens with one attached hydrogen (secondary N) is 1. The maximum atomic E-state index is 12.0. The molecule has 92 valence electrons. The molecule has 2 N–H and O–H groups in total. The number of halogens is 1. The molecule has 1 aliphatic carbocycles. The van der Waals surface area contributed by atoms with Crippen LogP contribution in [0, 0.1) is 5.92 Å². The van der Waals surface area contributed by atoms with Crippen LogP contribution in [0.25, 0.3) is 0 Å². The summed E-state index contributed by atoms with van der Waals surface area (Å²) in [6.45, 7) is 0.139. The van der Waals surface area contributed by atoms with Gasteiger partial charge in [-0.05, 0) is 31.0 Å². The molecule has 3 nitrogen and oxygen atoms in total. The van der Waals surface area contributed by atoms with E-state index >= 15 is 0 Å². The molecule has 1 amide bonds. The third kappa shape index (κ3) is 2.99. The predicted molar refractivity (Wildman–Crippen MR) is 67.1 cm³/mol. The van der Waals surface area contributed by atoms with Gasteiger partial charge in [0.25, 0.3) is 5.91 Å². The van der Waals surface area contributed by atoms with Crippen molar-refractivity contribution in [2.45, 2.75) is 25.3 Å². The number of rotatable bonds is 3. The Kier molecular flexibility index (Phi) is 4.02. The van der Waals surface area contributed by atoms with Crippen LogP contribution in [-0.4, -0.2) is 23.7 Å². The summed E-state index contributed by atoms with van der Waals surface area (Å²) in [5.41, 5.74) is 0.570. The fourth-order valence-electron chi connectivity index (χ4n) is 2.33. The summed E-state index contributed by atoms with van der Waals surface area (Å²) >= 11 is 5.84. The van der Waals surface area contributed by atoms with Gasteiger partial charge in [0.1, 0.15) is 0 Å². The second kappa shape index (κ2) is 5.52. The number of benzene rings is 1. The number of hydrogen-bond acceptors (Lipinski definition) is 2. The van der Waals surface area contributed by atoms with Crippen LogP contribution in [0.2, 0.25) is 5.02 Å². The Balaban J connectivity index is 2.01. The van der Waals surface area contributed by atoms with Gasteiger partial charge in [-0.25, -0.2) is 0 Å². The molecule has 0 heterocycles. The van der Waals surface area contributed by atoms with Gasteiger partial charge < -0.3 is 10.4 Å². The monoisotopic (exact) mass is 253 g/mol. The van der Waals surface area contributed by atoms with Crippen LogP contribution in [0.3, 0.4) is 0 Å². The molecule has 1 aliphatic rings. The SMILES string of the molecule is O=C(NC1CCCC1CO)c1cccc(Cl)c1. The molecule has 0 bridgehead atoms. The first kappa shape index (κ1) is 12.4. The van der Waals surface area contributed by atoms with Crippen molar-refractivity contribution in [2.75, 3.05) is 6.61 Å². The number of carbonyl (C=O) groups is 1. The average molecular weight is 254 g/mol. The normalized spacial score (nSPS) is 23.6. The molecule has 4 heteroatoms. The van der Waals surface area contributed by atoms with E-state index in [9.17, 15) is 9.90 Å². The zero-order valence-corrected chi connectivity index (χ0v) is 10.3. The van der Waals surface area contributed by atoms with Gasteiger partial charge in [-0.3, -0.25) is 4.79 Å². The van der Waals surface area contributed by atoms with Crippen molar-refractivity contribution in [3.63, 3.8) is 0 Å². The lowest BCUT2D eigenvalue weighted by atomic mass is 10.0. The first-order chi connectivity index (χ1) is 8.20. The van der Waals surface area contributed by atoms with Gasteiger partial charge in [-0.15, -0.1) is 0 Å². The van der Waals surface area contributed by atoms with Gasteiger partial charge in [-0.1, -0.05) is 24.1 Å². The van der Waals surface area contributed by atoms with Crippen molar-refractivity contribution in [1.82, 2.24) is 5.32 Å². The number of amides is 1. The highest BCUT2D eigenvalue weighted by Crippen LogP contribution is 2.25. The fourth-order valence-corrected chi connectivity index (χ4v) is 2.52. The minimum absolute atomic E-state index is 0.0893. The maximum absolute atomic E-state index is 12.0. The lowest BCUT2D eigenvalue weighted by Crippen LogP contribution is -2.38. The minimum Gasteiger partial charge on any atom is -0.396 e. The first-order valence-corrected chi connectivity index (χ1v) is 6.26. The van der Waals surface area contributed by atoms with Crippen LogP contribution in [0.15, 0.2) is 24.3 Å². The van der Waals surface area contributed by atoms with E-state index in [1.54, 1.807) is 24.3 Å². The molecular weight excluding hydrogens is 238 g/mol. The highest BCUT2D eigenvalue weighted by atomic mass is 35.5. The van der Waals surface area contributed by atoms with E-state index in [0.29, 0.717) is 10.6 Å². The second-order valence-electron chi connectivity index (χ2n) is 4.46. The van der Waals surface area contributed by atoms with Gasteiger partial charge >= 0.3 is 0 Å². The van der Waals surface area contributed by atoms with Gasteiger partial charge in [0.15, 0.2) is 0 Å². The summed E-state index contributed by atoms with van der Waals surface area (Å²) in [6, 6.07) is 6.98. The Morgan fingerprint density at radius 2 is 2.29 bits per heavy atom. The number of aliphatic hydroxyl groups excluding tert-OH is 1. The zero-order chi connectivity index (χ0) is 12.3. The lowest BCUT2D eigenvalue weighted by Gasteiger charge is -2.19. The topological polar surface area (TPSA) is 49.3 Å². The summed E-state index contributed by atoms with van der Waals surface area (Å²) in [5.74, 6) is 0.0796. The van der Waals surface area contributed by atoms with E-state index in [2.05, 4.69) is 5.32 Å². The number of aliphatic hydroxyl groups is 1. The summed E-state index contributed by atoms with van der Waals surface area (Å²) in [5, 5.41) is 12.7. The van der Waals surface area contributed by atoms with Crippen LogP contribution in [0.4, 0.5) is 0 Å². The molecule has 1 fully saturated rings. The Hall–Kier alpha value is -1.06. The quantitative estimate of drug-likeness (QED) is 0.868. The molecule has 0 saturated heterocycles. The van der Waals surface area contributed by atoms with Crippen LogP contribution in [-0.2, 0) is 0 Å². The Morgan fingerprint density at radius 1 is 1.47 bits per heavy atom. The highest BCUT2D eigenvalue weighted by molar-refractivity contribution is 6.30. The highest BCUT2D eigenvalue weighted by Gasteiger charge is 2.28. The number of hydrogen-bond donors (Lipinski definition) is 2. The third-order valence-corrected chi connectivity index (χ3v) is 3.53. The van der Waals surface area contributed by atoms with E-state index in [4.69, 9.17) is 11.6 Å². The summed E-state index contributed by atoms with van der Waals surface area (Å²) in [7, 11) is 0. The molecule has 0 aliphatic heterocycles. The summed E-state index contributed by atoms with van der Waals surface area (Å²) < 4.78 is 0. The van der Waals surface area contributed by atoms with Crippen LogP contribution in [0.5, 0.6) is 0 Å². The van der Waals surface area contributed by atoms with E-state index in [0.717, 1.165) is 19.3 Å². The average Bonchev–Trinajstić information content (AvgIpc) is 2.76. The zero-order valence-electron chi connectivity index (χ0n) is 9.53. The van der Waals surface area contributed by atoms with Crippen LogP contribution in [0.1, 0.15) is 29.6 Å². The number of carbonyl (C=O) groups excluding carboxylic acids is 1. The van der Waals surface area contributed by atoms with Gasteiger partial charge in [0.2, 0.25) is 0 Å². The first-order valence-electron chi connectivity index (χ1n) is 5.88. The molecule has 2 atom stereocenters. The van der Waals surface area contributed by atoms with Crippen LogP contribution < -0.4 is 5.32 Å². The lowest BCUT2D eigenvalue weighted by molar-refractivity contribution is 0.0916. The summed E-state index contributed by atoms with van der Waals surface area (Å²) in [6.07, 6.45) is 2.99. The predicted octanol–water partition coefficient (Wildman–Crippen LogP) is 2.23. The van der Waals surface area contributed by atoms with Crippen molar-refractivity contribution in [2.24, 2.45) is 5.92 Å². The molecule has 0 aromatic heterocycles. The van der Waals surface area contributed by atoms with E-state index in [1.807, 2.05) is 0 Å². The molecule has 1 aromatic rings. The largest absolute Gasteiger partial charge is 0.396 e. The molecule has 1 saturated carbocycles. The van der Waals surface area contributed by atoms with E-state index < -0.39 is 0 Å². The Bertz CT molecular complexity index is 408. The van der Waals surface area contributed by atoms with Crippen molar-refractivity contribution >= 4 is 17.5 Å². The van der Waals surface area contributed by atoms with E-state index in [-0.39, 0.29) is 24.5 Å². The Labute approximate surface area is 106 Å². The van der Waals surface area contributed by atoms with E-state index in [1.165, 1.54) is 0 Å². The van der Waals surface area contributed by atoms with Gasteiger partial charge in [0, 0.05) is 29.2 Å².